The van der Waals surface area contributed by atoms with E-state index < -0.39 is 0 Å². The third-order valence-electron chi connectivity index (χ3n) is 2.62. The molecule has 0 aliphatic heterocycles. The molecule has 0 radical (unpaired) electrons. The molecule has 1 aromatic rings. The predicted octanol–water partition coefficient (Wildman–Crippen LogP) is 3.51. The summed E-state index contributed by atoms with van der Waals surface area (Å²) in [6, 6.07) is 8.52. The van der Waals surface area contributed by atoms with Crippen LogP contribution in [0.5, 0.6) is 0 Å². The second-order valence-electron chi connectivity index (χ2n) is 3.97. The van der Waals surface area contributed by atoms with Gasteiger partial charge >= 0.3 is 95.8 Å². The zero-order valence-corrected chi connectivity index (χ0v) is 9.30. The second kappa shape index (κ2) is 4.69. The first-order valence-corrected chi connectivity index (χ1v) is 4.93. The fourth-order valence-electron chi connectivity index (χ4n) is 1.36. The van der Waals surface area contributed by atoms with Gasteiger partial charge in [-0.05, 0) is 0 Å². The molecule has 1 atom stereocenters. The van der Waals surface area contributed by atoms with Crippen LogP contribution in [0.25, 0.3) is 5.57 Å². The minimum atomic E-state index is 0.425. The molecule has 1 unspecified atom stereocenters. The van der Waals surface area contributed by atoms with Crippen LogP contribution in [-0.4, -0.2) is 17.7 Å². The fourth-order valence-corrected chi connectivity index (χ4v) is 1.36. The normalized spacial score (nSPS) is 12.3. The Balaban J connectivity index is 3.05. The standard InChI is InChI=1S/C13H15.Li/c1-10(2)8-12-6-5-7-13(9-12)11(3)4;/h5-9H,1,3H2,2,4H3;. The van der Waals surface area contributed by atoms with Crippen LogP contribution in [0.3, 0.4) is 0 Å². The Kier molecular flexibility index (Phi) is 3.81. The van der Waals surface area contributed by atoms with E-state index >= 15 is 0 Å². The van der Waals surface area contributed by atoms with Gasteiger partial charge in [0, 0.05) is 0 Å². The van der Waals surface area contributed by atoms with Crippen molar-refractivity contribution in [3.05, 3.63) is 54.1 Å². The van der Waals surface area contributed by atoms with Crippen molar-refractivity contribution in [3.8, 4) is 0 Å². The predicted molar refractivity (Wildman–Crippen MR) is 64.5 cm³/mol. The van der Waals surface area contributed by atoms with E-state index in [4.69, 9.17) is 0 Å². The fraction of sp³-hybridized carbons (Fsp3) is 0.231. The maximum absolute atomic E-state index is 3.98. The Bertz CT molecular complexity index is 363. The first-order valence-electron chi connectivity index (χ1n) is 4.93. The molecule has 1 aromatic carbocycles. The molecule has 0 fully saturated rings. The molecular weight excluding hydrogens is 163 g/mol. The number of rotatable bonds is 3. The quantitative estimate of drug-likeness (QED) is 0.490. The van der Waals surface area contributed by atoms with E-state index in [1.54, 1.807) is 0 Å². The average molecular weight is 178 g/mol. The molecule has 0 aliphatic rings. The van der Waals surface area contributed by atoms with Gasteiger partial charge in [-0.1, -0.05) is 0 Å². The van der Waals surface area contributed by atoms with E-state index in [-0.39, 0.29) is 0 Å². The van der Waals surface area contributed by atoms with E-state index in [2.05, 4.69) is 62.1 Å². The summed E-state index contributed by atoms with van der Waals surface area (Å²) in [5, 5.41) is 0. The van der Waals surface area contributed by atoms with Crippen LogP contribution in [0.4, 0.5) is 0 Å². The molecule has 0 nitrogen and oxygen atoms in total. The van der Waals surface area contributed by atoms with E-state index in [1.807, 2.05) is 6.92 Å². The number of hydrogen-bond donors (Lipinski definition) is 0. The van der Waals surface area contributed by atoms with Gasteiger partial charge in [-0.25, -0.2) is 0 Å². The van der Waals surface area contributed by atoms with E-state index in [0.717, 1.165) is 5.57 Å². The van der Waals surface area contributed by atoms with Crippen molar-refractivity contribution in [2.45, 2.75) is 18.4 Å². The molecule has 0 aliphatic carbocycles. The number of allylic oxidation sites excluding steroid dienone is 2. The Hall–Kier alpha value is -0.703. The van der Waals surface area contributed by atoms with Crippen molar-refractivity contribution in [2.75, 3.05) is 0 Å². The molecule has 0 spiro atoms. The van der Waals surface area contributed by atoms with Crippen LogP contribution in [0, 0.1) is 0 Å². The van der Waals surface area contributed by atoms with Gasteiger partial charge in [0.25, 0.3) is 0 Å². The molecule has 14 heavy (non-hydrogen) atoms. The summed E-state index contributed by atoms with van der Waals surface area (Å²) in [5.41, 5.74) is 4.85. The third kappa shape index (κ3) is 2.64. The van der Waals surface area contributed by atoms with Gasteiger partial charge in [-0.15, -0.1) is 0 Å². The first kappa shape index (κ1) is 11.4. The van der Waals surface area contributed by atoms with Crippen molar-refractivity contribution in [3.63, 3.8) is 0 Å². The number of hydrogen-bond acceptors (Lipinski definition) is 0. The molecule has 0 aromatic heterocycles. The van der Waals surface area contributed by atoms with Crippen molar-refractivity contribution in [1.82, 2.24) is 0 Å². The molecule has 0 amide bonds. The third-order valence-corrected chi connectivity index (χ3v) is 2.62. The van der Waals surface area contributed by atoms with Gasteiger partial charge in [0.15, 0.2) is 0 Å². The summed E-state index contributed by atoms with van der Waals surface area (Å²) in [4.78, 5) is 0. The maximum atomic E-state index is 3.98. The summed E-state index contributed by atoms with van der Waals surface area (Å²) < 4.78 is 0.425. The molecule has 0 bridgehead atoms. The Morgan fingerprint density at radius 3 is 2.43 bits per heavy atom. The van der Waals surface area contributed by atoms with Crippen LogP contribution in [-0.2, 0) is 0 Å². The van der Waals surface area contributed by atoms with Gasteiger partial charge in [-0.3, -0.25) is 0 Å². The van der Waals surface area contributed by atoms with E-state index in [9.17, 15) is 0 Å². The van der Waals surface area contributed by atoms with Gasteiger partial charge in [0.05, 0.1) is 0 Å². The molecule has 0 saturated carbocycles. The van der Waals surface area contributed by atoms with Crippen LogP contribution >= 0.6 is 0 Å². The Labute approximate surface area is 95.9 Å². The van der Waals surface area contributed by atoms with Gasteiger partial charge in [0.2, 0.25) is 0 Å². The Morgan fingerprint density at radius 1 is 1.29 bits per heavy atom. The van der Waals surface area contributed by atoms with Crippen molar-refractivity contribution >= 4 is 23.3 Å². The van der Waals surface area contributed by atoms with Crippen LogP contribution < -0.4 is 0 Å². The minimum absolute atomic E-state index is 0.425. The van der Waals surface area contributed by atoms with Gasteiger partial charge in [0.1, 0.15) is 0 Å². The summed E-state index contributed by atoms with van der Waals surface area (Å²) in [7, 11) is 0. The van der Waals surface area contributed by atoms with Crippen LogP contribution in [0.2, 0.25) is 0 Å². The van der Waals surface area contributed by atoms with Crippen LogP contribution in [0.1, 0.15) is 29.6 Å². The molecule has 0 heterocycles. The summed E-state index contributed by atoms with van der Waals surface area (Å²) in [6.45, 7) is 12.0. The van der Waals surface area contributed by atoms with Gasteiger partial charge < -0.3 is 0 Å². The molecule has 0 saturated heterocycles. The average Bonchev–Trinajstić information content (AvgIpc) is 2.16. The number of benzene rings is 1. The van der Waals surface area contributed by atoms with Crippen LogP contribution in [0.15, 0.2) is 43.0 Å². The van der Waals surface area contributed by atoms with Crippen molar-refractivity contribution in [2.24, 2.45) is 0 Å². The SMILES string of the molecule is [Li][CH](C(=C)C)c1cccc(C(=C)C)c1. The monoisotopic (exact) mass is 178 g/mol. The summed E-state index contributed by atoms with van der Waals surface area (Å²) in [6.07, 6.45) is 0. The van der Waals surface area contributed by atoms with Crippen molar-refractivity contribution in [1.29, 1.82) is 0 Å². The molecule has 1 heteroatoms. The molecule has 1 rings (SSSR count). The van der Waals surface area contributed by atoms with E-state index in [1.165, 1.54) is 16.7 Å². The molecule has 68 valence electrons. The summed E-state index contributed by atoms with van der Waals surface area (Å²) >= 11 is 2.18. The van der Waals surface area contributed by atoms with E-state index in [0.29, 0.717) is 4.59 Å². The zero-order chi connectivity index (χ0) is 10.7. The van der Waals surface area contributed by atoms with Crippen molar-refractivity contribution < 1.29 is 0 Å². The summed E-state index contributed by atoms with van der Waals surface area (Å²) in [5.74, 6) is 0. The topological polar surface area (TPSA) is 0 Å². The first-order chi connectivity index (χ1) is 6.52. The second-order valence-corrected chi connectivity index (χ2v) is 3.97. The molecular formula is C13H15Li. The van der Waals surface area contributed by atoms with Gasteiger partial charge in [-0.2, -0.15) is 0 Å². The Morgan fingerprint density at radius 2 is 1.93 bits per heavy atom. The molecule has 0 N–H and O–H groups in total. The zero-order valence-electron chi connectivity index (χ0n) is 9.30.